The normalized spacial score (nSPS) is 24.6. The highest BCUT2D eigenvalue weighted by molar-refractivity contribution is 5.94. The Hall–Kier alpha value is -2.39. The van der Waals surface area contributed by atoms with E-state index < -0.39 is 0 Å². The molecule has 1 aliphatic carbocycles. The summed E-state index contributed by atoms with van der Waals surface area (Å²) >= 11 is 0. The summed E-state index contributed by atoms with van der Waals surface area (Å²) in [7, 11) is 0. The third-order valence-electron chi connectivity index (χ3n) is 5.69. The molecule has 128 valence electrons. The molecule has 5 rings (SSSR count). The average Bonchev–Trinajstić information content (AvgIpc) is 3.14. The Morgan fingerprint density at radius 2 is 1.88 bits per heavy atom. The van der Waals surface area contributed by atoms with Gasteiger partial charge in [0, 0.05) is 30.7 Å². The van der Waals surface area contributed by atoms with Crippen LogP contribution in [0.15, 0.2) is 61.2 Å². The predicted octanol–water partition coefficient (Wildman–Crippen LogP) is 3.72. The van der Waals surface area contributed by atoms with Crippen LogP contribution >= 0.6 is 0 Å². The molecule has 2 aliphatic heterocycles. The third-order valence-corrected chi connectivity index (χ3v) is 5.69. The minimum absolute atomic E-state index is 0.0139. The van der Waals surface area contributed by atoms with Crippen LogP contribution < -0.4 is 5.32 Å². The van der Waals surface area contributed by atoms with Gasteiger partial charge in [0.1, 0.15) is 0 Å². The standard InChI is InChI=1S/C22H24N2O/c1-2-17-8-10-20(11-9-17)21(25)23-16-22-12-19(13-22)15-24(22)14-18-6-4-3-5-7-18/h2-11,19H,1,12-16H2,(H,23,25). The minimum atomic E-state index is 0.0139. The fraction of sp³-hybridized carbons (Fsp3) is 0.318. The van der Waals surface area contributed by atoms with Crippen molar-refractivity contribution < 1.29 is 4.79 Å². The van der Waals surface area contributed by atoms with Gasteiger partial charge in [-0.25, -0.2) is 0 Å². The van der Waals surface area contributed by atoms with Gasteiger partial charge in [0.25, 0.3) is 5.91 Å². The number of nitrogens with one attached hydrogen (secondary N) is 1. The molecule has 3 nitrogen and oxygen atoms in total. The smallest absolute Gasteiger partial charge is 0.251 e. The van der Waals surface area contributed by atoms with Crippen LogP contribution in [-0.4, -0.2) is 29.4 Å². The van der Waals surface area contributed by atoms with E-state index in [1.807, 2.05) is 24.3 Å². The van der Waals surface area contributed by atoms with Crippen LogP contribution in [-0.2, 0) is 6.54 Å². The van der Waals surface area contributed by atoms with E-state index in [2.05, 4.69) is 47.1 Å². The van der Waals surface area contributed by atoms with Crippen LogP contribution in [0.3, 0.4) is 0 Å². The van der Waals surface area contributed by atoms with Crippen LogP contribution in [0.5, 0.6) is 0 Å². The van der Waals surface area contributed by atoms with E-state index in [0.29, 0.717) is 5.56 Å². The Labute approximate surface area is 149 Å². The van der Waals surface area contributed by atoms with Crippen molar-refractivity contribution in [2.45, 2.75) is 24.9 Å². The van der Waals surface area contributed by atoms with Crippen LogP contribution in [0.2, 0.25) is 0 Å². The zero-order chi connectivity index (χ0) is 17.3. The van der Waals surface area contributed by atoms with Gasteiger partial charge in [0.2, 0.25) is 0 Å². The molecule has 1 amide bonds. The number of amides is 1. The summed E-state index contributed by atoms with van der Waals surface area (Å²) in [4.78, 5) is 15.0. The summed E-state index contributed by atoms with van der Waals surface area (Å²) in [5, 5.41) is 3.17. The van der Waals surface area contributed by atoms with E-state index in [-0.39, 0.29) is 11.4 Å². The highest BCUT2D eigenvalue weighted by atomic mass is 16.1. The molecule has 2 aromatic rings. The Morgan fingerprint density at radius 1 is 1.16 bits per heavy atom. The highest BCUT2D eigenvalue weighted by Gasteiger charge is 2.55. The fourth-order valence-electron chi connectivity index (χ4n) is 4.32. The molecule has 3 heteroatoms. The lowest BCUT2D eigenvalue weighted by molar-refractivity contribution is 0.0798. The number of nitrogens with zero attached hydrogens (tertiary/aromatic N) is 1. The number of hydrogen-bond donors (Lipinski definition) is 1. The van der Waals surface area contributed by atoms with E-state index in [9.17, 15) is 4.79 Å². The van der Waals surface area contributed by atoms with E-state index in [4.69, 9.17) is 0 Å². The molecule has 0 unspecified atom stereocenters. The lowest BCUT2D eigenvalue weighted by Gasteiger charge is -2.42. The number of fused-ring (bicyclic) bond motifs is 1. The first-order valence-electron chi connectivity index (χ1n) is 8.98. The molecule has 2 saturated heterocycles. The Morgan fingerprint density at radius 3 is 2.56 bits per heavy atom. The minimum Gasteiger partial charge on any atom is -0.350 e. The molecule has 0 radical (unpaired) electrons. The summed E-state index contributed by atoms with van der Waals surface area (Å²) in [6.45, 7) is 6.60. The molecule has 3 fully saturated rings. The lowest BCUT2D eigenvalue weighted by atomic mass is 9.73. The van der Waals surface area contributed by atoms with Gasteiger partial charge in [-0.3, -0.25) is 9.69 Å². The van der Waals surface area contributed by atoms with E-state index in [1.54, 1.807) is 6.08 Å². The molecule has 2 aromatic carbocycles. The maximum atomic E-state index is 12.5. The first-order valence-corrected chi connectivity index (χ1v) is 8.98. The van der Waals surface area contributed by atoms with Crippen molar-refractivity contribution in [2.24, 2.45) is 5.92 Å². The van der Waals surface area contributed by atoms with Gasteiger partial charge < -0.3 is 5.32 Å². The molecule has 1 saturated carbocycles. The lowest BCUT2D eigenvalue weighted by Crippen LogP contribution is -2.53. The van der Waals surface area contributed by atoms with E-state index in [0.717, 1.165) is 31.1 Å². The molecule has 1 N–H and O–H groups in total. The summed E-state index contributed by atoms with van der Waals surface area (Å²) in [5.74, 6) is 0.812. The first kappa shape index (κ1) is 16.1. The number of carbonyl (C=O) groups is 1. The molecule has 3 aliphatic rings. The van der Waals surface area contributed by atoms with Crippen molar-refractivity contribution >= 4 is 12.0 Å². The van der Waals surface area contributed by atoms with Crippen molar-refractivity contribution in [3.05, 3.63) is 77.9 Å². The molecule has 2 bridgehead atoms. The van der Waals surface area contributed by atoms with Crippen LogP contribution in [0.1, 0.15) is 34.3 Å². The highest BCUT2D eigenvalue weighted by Crippen LogP contribution is 2.50. The van der Waals surface area contributed by atoms with Crippen molar-refractivity contribution in [1.29, 1.82) is 0 Å². The van der Waals surface area contributed by atoms with Crippen LogP contribution in [0, 0.1) is 5.92 Å². The molecular formula is C22H24N2O. The SMILES string of the molecule is C=Cc1ccc(C(=O)NCC23CC(CN2Cc2ccccc2)C3)cc1. The zero-order valence-corrected chi connectivity index (χ0v) is 14.4. The topological polar surface area (TPSA) is 32.3 Å². The Kier molecular flexibility index (Phi) is 4.18. The average molecular weight is 332 g/mol. The second kappa shape index (κ2) is 6.49. The van der Waals surface area contributed by atoms with Gasteiger partial charge in [-0.05, 0) is 42.0 Å². The van der Waals surface area contributed by atoms with Crippen molar-refractivity contribution in [1.82, 2.24) is 10.2 Å². The molecule has 25 heavy (non-hydrogen) atoms. The van der Waals surface area contributed by atoms with Gasteiger partial charge in [-0.1, -0.05) is 55.1 Å². The summed E-state index contributed by atoms with van der Waals surface area (Å²) in [6.07, 6.45) is 4.19. The quantitative estimate of drug-likeness (QED) is 0.874. The fourth-order valence-corrected chi connectivity index (χ4v) is 4.32. The summed E-state index contributed by atoms with van der Waals surface area (Å²) in [6, 6.07) is 18.2. The van der Waals surface area contributed by atoms with E-state index in [1.165, 1.54) is 18.4 Å². The van der Waals surface area contributed by atoms with Crippen molar-refractivity contribution in [2.75, 3.05) is 13.1 Å². The van der Waals surface area contributed by atoms with Crippen molar-refractivity contribution in [3.63, 3.8) is 0 Å². The molecule has 0 spiro atoms. The second-order valence-electron chi connectivity index (χ2n) is 7.37. The predicted molar refractivity (Wildman–Crippen MR) is 101 cm³/mol. The molecule has 0 atom stereocenters. The van der Waals surface area contributed by atoms with Crippen LogP contribution in [0.4, 0.5) is 0 Å². The Bertz CT molecular complexity index is 760. The number of carbonyl (C=O) groups excluding carboxylic acids is 1. The number of hydrogen-bond acceptors (Lipinski definition) is 2. The zero-order valence-electron chi connectivity index (χ0n) is 14.4. The number of benzene rings is 2. The third kappa shape index (κ3) is 3.12. The van der Waals surface area contributed by atoms with E-state index >= 15 is 0 Å². The Balaban J connectivity index is 1.39. The monoisotopic (exact) mass is 332 g/mol. The summed E-state index contributed by atoms with van der Waals surface area (Å²) < 4.78 is 0. The largest absolute Gasteiger partial charge is 0.350 e. The number of rotatable bonds is 6. The van der Waals surface area contributed by atoms with Gasteiger partial charge in [0.05, 0.1) is 0 Å². The molecule has 2 heterocycles. The van der Waals surface area contributed by atoms with Crippen molar-refractivity contribution in [3.8, 4) is 0 Å². The van der Waals surface area contributed by atoms with Gasteiger partial charge in [-0.2, -0.15) is 0 Å². The molecular weight excluding hydrogens is 308 g/mol. The summed E-state index contributed by atoms with van der Waals surface area (Å²) in [5.41, 5.74) is 3.24. The second-order valence-corrected chi connectivity index (χ2v) is 7.37. The first-order chi connectivity index (χ1) is 12.2. The van der Waals surface area contributed by atoms with Gasteiger partial charge >= 0.3 is 0 Å². The maximum absolute atomic E-state index is 12.5. The molecule has 0 aromatic heterocycles. The van der Waals surface area contributed by atoms with Crippen LogP contribution in [0.25, 0.3) is 6.08 Å². The maximum Gasteiger partial charge on any atom is 0.251 e. The van der Waals surface area contributed by atoms with Gasteiger partial charge in [-0.15, -0.1) is 0 Å². The van der Waals surface area contributed by atoms with Gasteiger partial charge in [0.15, 0.2) is 0 Å².